The Kier molecular flexibility index (Phi) is 7.14. The van der Waals surface area contributed by atoms with Gasteiger partial charge in [-0.05, 0) is 41.8 Å². The summed E-state index contributed by atoms with van der Waals surface area (Å²) in [7, 11) is 3.14. The second-order valence-electron chi connectivity index (χ2n) is 7.22. The molecule has 0 heterocycles. The van der Waals surface area contributed by atoms with Gasteiger partial charge in [0.1, 0.15) is 5.82 Å². The van der Waals surface area contributed by atoms with Crippen LogP contribution in [0.15, 0.2) is 89.5 Å². The molecule has 0 unspecified atom stereocenters. The van der Waals surface area contributed by atoms with Crippen LogP contribution < -0.4 is 10.6 Å². The molecule has 9 nitrogen and oxygen atoms in total. The minimum absolute atomic E-state index is 0.0927. The topological polar surface area (TPSA) is 112 Å². The van der Waals surface area contributed by atoms with Crippen molar-refractivity contribution >= 4 is 23.0 Å². The van der Waals surface area contributed by atoms with Gasteiger partial charge in [0, 0.05) is 24.9 Å². The molecule has 3 rings (SSSR count). The summed E-state index contributed by atoms with van der Waals surface area (Å²) >= 11 is 0. The number of hydrogen-bond donors (Lipinski definition) is 2. The summed E-state index contributed by atoms with van der Waals surface area (Å²) in [6, 6.07) is 19.4. The van der Waals surface area contributed by atoms with Crippen LogP contribution in [0.25, 0.3) is 11.1 Å². The molecular weight excluding hydrogens is 420 g/mol. The monoisotopic (exact) mass is 444 g/mol. The fourth-order valence-corrected chi connectivity index (χ4v) is 3.20. The summed E-state index contributed by atoms with van der Waals surface area (Å²) in [5, 5.41) is 25.9. The zero-order valence-electron chi connectivity index (χ0n) is 18.6. The van der Waals surface area contributed by atoms with Crippen molar-refractivity contribution in [1.82, 2.24) is 5.01 Å². The highest BCUT2D eigenvalue weighted by Gasteiger charge is 2.18. The Morgan fingerprint density at radius 2 is 1.76 bits per heavy atom. The van der Waals surface area contributed by atoms with Crippen LogP contribution in [0.2, 0.25) is 0 Å². The van der Waals surface area contributed by atoms with Gasteiger partial charge in [-0.15, -0.1) is 0 Å². The molecule has 9 heteroatoms. The number of amides is 1. The lowest BCUT2D eigenvalue weighted by Crippen LogP contribution is -2.19. The Hall–Kier alpha value is -4.53. The molecule has 0 saturated heterocycles. The molecule has 0 aliphatic carbocycles. The quantitative estimate of drug-likeness (QED) is 0.265. The predicted octanol–water partition coefficient (Wildman–Crippen LogP) is 5.63. The number of benzene rings is 3. The number of non-ortho nitro benzene ring substituents is 1. The zero-order chi connectivity index (χ0) is 24.0. The summed E-state index contributed by atoms with van der Waals surface area (Å²) in [6.45, 7) is 5.89. The Morgan fingerprint density at radius 1 is 1.06 bits per heavy atom. The van der Waals surface area contributed by atoms with Crippen LogP contribution in [-0.4, -0.2) is 29.9 Å². The van der Waals surface area contributed by atoms with Gasteiger partial charge in [-0.1, -0.05) is 48.2 Å². The number of nitrogens with zero attached hydrogens (tertiary/aromatic N) is 4. The largest absolute Gasteiger partial charge is 0.340 e. The minimum Gasteiger partial charge on any atom is -0.340 e. The molecule has 33 heavy (non-hydrogen) atoms. The molecule has 0 bridgehead atoms. The molecule has 0 saturated carbocycles. The van der Waals surface area contributed by atoms with Crippen molar-refractivity contribution in [2.75, 3.05) is 24.7 Å². The van der Waals surface area contributed by atoms with Crippen molar-refractivity contribution in [3.05, 3.63) is 100 Å². The second kappa shape index (κ2) is 10.2. The number of carbonyl (C=O) groups is 1. The van der Waals surface area contributed by atoms with Gasteiger partial charge < -0.3 is 10.6 Å². The van der Waals surface area contributed by atoms with Crippen molar-refractivity contribution < 1.29 is 9.72 Å². The van der Waals surface area contributed by atoms with Crippen LogP contribution in [0.1, 0.15) is 15.9 Å². The Bertz CT molecular complexity index is 1220. The number of carbonyl (C=O) groups excluding carboxylic acids is 1. The summed E-state index contributed by atoms with van der Waals surface area (Å²) < 4.78 is 0. The summed E-state index contributed by atoms with van der Waals surface area (Å²) in [5.74, 6) is -0.163. The lowest BCUT2D eigenvalue weighted by atomic mass is 10.0. The number of nitrogens with one attached hydrogen (secondary N) is 2. The van der Waals surface area contributed by atoms with E-state index < -0.39 is 10.8 Å². The maximum atomic E-state index is 13.0. The lowest BCUT2D eigenvalue weighted by molar-refractivity contribution is -0.384. The van der Waals surface area contributed by atoms with Gasteiger partial charge in [-0.25, -0.2) is 5.01 Å². The third-order valence-corrected chi connectivity index (χ3v) is 4.95. The molecule has 0 radical (unpaired) electrons. The Balaban J connectivity index is 1.86. The molecule has 1 amide bonds. The first-order valence-electron chi connectivity index (χ1n) is 10.1. The molecule has 2 N–H and O–H groups in total. The van der Waals surface area contributed by atoms with E-state index in [0.717, 1.165) is 16.7 Å². The van der Waals surface area contributed by atoms with Gasteiger partial charge in [0.15, 0.2) is 0 Å². The van der Waals surface area contributed by atoms with E-state index >= 15 is 0 Å². The summed E-state index contributed by atoms with van der Waals surface area (Å²) in [4.78, 5) is 23.7. The van der Waals surface area contributed by atoms with Crippen molar-refractivity contribution in [3.63, 3.8) is 0 Å². The van der Waals surface area contributed by atoms with E-state index in [4.69, 9.17) is 0 Å². The molecule has 0 aromatic heterocycles. The molecule has 0 spiro atoms. The fraction of sp³-hybridized carbons (Fsp3) is 0.125. The number of aryl methyl sites for hydroxylation is 1. The maximum Gasteiger partial charge on any atom is 0.270 e. The molecule has 0 aliphatic rings. The first-order chi connectivity index (χ1) is 15.8. The highest BCUT2D eigenvalue weighted by atomic mass is 16.6. The molecule has 0 atom stereocenters. The smallest absolute Gasteiger partial charge is 0.270 e. The molecule has 168 valence electrons. The molecule has 0 aliphatic heterocycles. The van der Waals surface area contributed by atoms with Crippen molar-refractivity contribution in [2.45, 2.75) is 6.92 Å². The van der Waals surface area contributed by atoms with Crippen LogP contribution >= 0.6 is 0 Å². The van der Waals surface area contributed by atoms with Crippen molar-refractivity contribution in [3.8, 4) is 11.1 Å². The van der Waals surface area contributed by atoms with Gasteiger partial charge in [-0.2, -0.15) is 5.11 Å². The maximum absolute atomic E-state index is 13.0. The van der Waals surface area contributed by atoms with Crippen LogP contribution in [0.3, 0.4) is 0 Å². The molecule has 3 aromatic rings. The highest BCUT2D eigenvalue weighted by molar-refractivity contribution is 6.08. The van der Waals surface area contributed by atoms with E-state index in [1.54, 1.807) is 19.2 Å². The molecule has 0 fully saturated rings. The zero-order valence-corrected chi connectivity index (χ0v) is 18.6. The summed E-state index contributed by atoms with van der Waals surface area (Å²) in [5.41, 5.74) is 4.07. The minimum atomic E-state index is -0.552. The normalized spacial score (nSPS) is 10.6. The van der Waals surface area contributed by atoms with Gasteiger partial charge in [0.2, 0.25) is 0 Å². The van der Waals surface area contributed by atoms with Crippen LogP contribution in [-0.2, 0) is 0 Å². The van der Waals surface area contributed by atoms with Crippen LogP contribution in [0, 0.1) is 17.0 Å². The third-order valence-electron chi connectivity index (χ3n) is 4.95. The number of anilines is 2. The van der Waals surface area contributed by atoms with E-state index in [-0.39, 0.29) is 11.3 Å². The van der Waals surface area contributed by atoms with E-state index in [9.17, 15) is 14.9 Å². The Labute approximate surface area is 191 Å². The predicted molar refractivity (Wildman–Crippen MR) is 129 cm³/mol. The average molecular weight is 444 g/mol. The number of nitro groups is 1. The standard InChI is InChI=1S/C24H24N6O3/c1-16-7-5-6-8-21(16)18-9-11-19(12-10-18)27-24(31)22-15-20(30(32)33)13-14-23(22)26-17(2)29(4)28-25-3/h5-15,26H,2H2,1,3-4H3,(H,27,31). The molecule has 3 aromatic carbocycles. The van der Waals surface area contributed by atoms with Gasteiger partial charge in [0.05, 0.1) is 23.2 Å². The van der Waals surface area contributed by atoms with Crippen LogP contribution in [0.5, 0.6) is 0 Å². The molecular formula is C24H24N6O3. The van der Waals surface area contributed by atoms with Crippen molar-refractivity contribution in [1.29, 1.82) is 0 Å². The third kappa shape index (κ3) is 5.59. The van der Waals surface area contributed by atoms with Gasteiger partial charge in [-0.3, -0.25) is 14.9 Å². The number of hydrogen-bond acceptors (Lipinski definition) is 6. The summed E-state index contributed by atoms with van der Waals surface area (Å²) in [6.07, 6.45) is 0. The lowest BCUT2D eigenvalue weighted by Gasteiger charge is -2.18. The van der Waals surface area contributed by atoms with Gasteiger partial charge >= 0.3 is 0 Å². The second-order valence-corrected chi connectivity index (χ2v) is 7.22. The SMILES string of the molecule is C=C(Nc1ccc([N+](=O)[O-])cc1C(=O)Nc1ccc(-c2ccccc2C)cc1)N(C)N=NC. The van der Waals surface area contributed by atoms with Crippen molar-refractivity contribution in [2.24, 2.45) is 10.3 Å². The first-order valence-corrected chi connectivity index (χ1v) is 10.1. The van der Waals surface area contributed by atoms with E-state index in [2.05, 4.69) is 27.6 Å². The number of rotatable bonds is 8. The first kappa shape index (κ1) is 23.1. The van der Waals surface area contributed by atoms with E-state index in [0.29, 0.717) is 17.2 Å². The fourth-order valence-electron chi connectivity index (χ4n) is 3.20. The highest BCUT2D eigenvalue weighted by Crippen LogP contribution is 2.27. The number of nitro benzene ring substituents is 1. The van der Waals surface area contributed by atoms with Crippen LogP contribution in [0.4, 0.5) is 17.1 Å². The Morgan fingerprint density at radius 3 is 2.39 bits per heavy atom. The van der Waals surface area contributed by atoms with E-state index in [1.165, 1.54) is 30.3 Å². The average Bonchev–Trinajstić information content (AvgIpc) is 2.80. The van der Waals surface area contributed by atoms with Gasteiger partial charge in [0.25, 0.3) is 11.6 Å². The van der Waals surface area contributed by atoms with E-state index in [1.807, 2.05) is 43.3 Å².